The Hall–Kier alpha value is -3.63. The van der Waals surface area contributed by atoms with Gasteiger partial charge < -0.3 is 9.47 Å². The van der Waals surface area contributed by atoms with Gasteiger partial charge in [0.25, 0.3) is 11.6 Å². The molecule has 0 aliphatic heterocycles. The van der Waals surface area contributed by atoms with Gasteiger partial charge in [-0.15, -0.1) is 0 Å². The second kappa shape index (κ2) is 11.1. The molecule has 0 fully saturated rings. The monoisotopic (exact) mass is 457 g/mol. The van der Waals surface area contributed by atoms with Crippen LogP contribution in [0.25, 0.3) is 12.2 Å². The fourth-order valence-corrected chi connectivity index (χ4v) is 3.25. The fourth-order valence-electron chi connectivity index (χ4n) is 2.71. The number of thiazole rings is 1. The topological polar surface area (TPSA) is 104 Å². The number of nitrogens with one attached hydrogen (secondary N) is 1. The largest absolute Gasteiger partial charge is 0.493 e. The first-order valence-corrected chi connectivity index (χ1v) is 10.4. The van der Waals surface area contributed by atoms with Crippen LogP contribution in [0.15, 0.2) is 48.7 Å². The van der Waals surface area contributed by atoms with Gasteiger partial charge in [-0.2, -0.15) is 4.39 Å². The molecule has 0 saturated heterocycles. The van der Waals surface area contributed by atoms with Gasteiger partial charge >= 0.3 is 0 Å². The van der Waals surface area contributed by atoms with Gasteiger partial charge in [-0.1, -0.05) is 23.5 Å². The second-order valence-electron chi connectivity index (χ2n) is 6.59. The molecule has 1 N–H and O–H groups in total. The van der Waals surface area contributed by atoms with Crippen molar-refractivity contribution in [2.75, 3.05) is 25.6 Å². The number of carbonyl (C=O) groups is 1. The number of ether oxygens (including phenoxy) is 2. The summed E-state index contributed by atoms with van der Waals surface area (Å²) in [7, 11) is 1.60. The summed E-state index contributed by atoms with van der Waals surface area (Å²) in [5.74, 6) is 0.0362. The summed E-state index contributed by atoms with van der Waals surface area (Å²) in [5.41, 5.74) is 1.76. The lowest BCUT2D eigenvalue weighted by atomic mass is 10.1. The maximum Gasteiger partial charge on any atom is 0.269 e. The number of nitro groups is 1. The Morgan fingerprint density at radius 1 is 1.19 bits per heavy atom. The number of benzene rings is 2. The number of nitrogens with zero attached hydrogens (tertiary/aromatic N) is 2. The van der Waals surface area contributed by atoms with Crippen molar-refractivity contribution in [3.05, 3.63) is 80.6 Å². The van der Waals surface area contributed by atoms with Crippen molar-refractivity contribution in [2.24, 2.45) is 0 Å². The Morgan fingerprint density at radius 2 is 1.94 bits per heavy atom. The number of methoxy groups -OCH3 is 1. The molecule has 0 atom stereocenters. The molecule has 0 radical (unpaired) electrons. The van der Waals surface area contributed by atoms with Crippen molar-refractivity contribution in [1.29, 1.82) is 0 Å². The maximum absolute atomic E-state index is 13.2. The molecule has 3 aromatic rings. The van der Waals surface area contributed by atoms with E-state index in [1.54, 1.807) is 49.6 Å². The summed E-state index contributed by atoms with van der Waals surface area (Å²) in [6, 6.07) is 11.1. The molecule has 1 heterocycles. The molecule has 0 spiro atoms. The predicted octanol–water partition coefficient (Wildman–Crippen LogP) is 5.03. The lowest BCUT2D eigenvalue weighted by Crippen LogP contribution is -2.12. The Kier molecular flexibility index (Phi) is 8.01. The molecule has 10 heteroatoms. The van der Waals surface area contributed by atoms with Gasteiger partial charge in [0.1, 0.15) is 5.75 Å². The van der Waals surface area contributed by atoms with E-state index in [1.807, 2.05) is 0 Å². The van der Waals surface area contributed by atoms with Crippen LogP contribution in [0.4, 0.5) is 15.2 Å². The number of halogens is 1. The quantitative estimate of drug-likeness (QED) is 0.198. The Bertz CT molecular complexity index is 1120. The molecule has 1 aromatic heterocycles. The summed E-state index contributed by atoms with van der Waals surface area (Å²) >= 11 is 0.732. The number of aromatic nitrogens is 1. The van der Waals surface area contributed by atoms with Crippen molar-refractivity contribution >= 4 is 40.2 Å². The average molecular weight is 457 g/mol. The van der Waals surface area contributed by atoms with Crippen LogP contribution >= 0.6 is 11.3 Å². The third-order valence-electron chi connectivity index (χ3n) is 4.22. The van der Waals surface area contributed by atoms with Crippen LogP contribution in [0.1, 0.15) is 27.9 Å². The van der Waals surface area contributed by atoms with E-state index in [0.717, 1.165) is 23.1 Å². The summed E-state index contributed by atoms with van der Waals surface area (Å²) in [4.78, 5) is 26.8. The van der Waals surface area contributed by atoms with Gasteiger partial charge in [0, 0.05) is 37.8 Å². The van der Waals surface area contributed by atoms with Crippen LogP contribution in [0.5, 0.6) is 5.75 Å². The number of rotatable bonds is 10. The van der Waals surface area contributed by atoms with E-state index in [4.69, 9.17) is 9.47 Å². The van der Waals surface area contributed by atoms with Gasteiger partial charge in [0.15, 0.2) is 10.3 Å². The normalized spacial score (nSPS) is 10.9. The summed E-state index contributed by atoms with van der Waals surface area (Å²) < 4.78 is 23.9. The van der Waals surface area contributed by atoms with Crippen molar-refractivity contribution in [3.63, 3.8) is 0 Å². The number of hydrogen-bond donors (Lipinski definition) is 1. The molecule has 0 saturated carbocycles. The van der Waals surface area contributed by atoms with Crippen LogP contribution in [0.2, 0.25) is 0 Å². The van der Waals surface area contributed by atoms with E-state index >= 15 is 0 Å². The van der Waals surface area contributed by atoms with Crippen molar-refractivity contribution in [1.82, 2.24) is 4.98 Å². The third kappa shape index (κ3) is 6.69. The first-order valence-electron chi connectivity index (χ1n) is 9.56. The molecule has 0 bridgehead atoms. The highest BCUT2D eigenvalue weighted by molar-refractivity contribution is 7.14. The SMILES string of the molecule is COCCCOc1cc(/C=C/c2ccc([N+](=O)[O-])cc2)cc(C(=O)Nc2ncc(F)s2)c1. The summed E-state index contributed by atoms with van der Waals surface area (Å²) in [6.07, 6.45) is 5.25. The van der Waals surface area contributed by atoms with Crippen LogP contribution in [-0.4, -0.2) is 36.1 Å². The summed E-state index contributed by atoms with van der Waals surface area (Å²) in [6.45, 7) is 0.949. The average Bonchev–Trinajstić information content (AvgIpc) is 3.20. The zero-order chi connectivity index (χ0) is 22.9. The van der Waals surface area contributed by atoms with Gasteiger partial charge in [0.2, 0.25) is 0 Å². The van der Waals surface area contributed by atoms with Gasteiger partial charge in [-0.25, -0.2) is 4.98 Å². The first kappa shape index (κ1) is 23.0. The number of anilines is 1. The lowest BCUT2D eigenvalue weighted by Gasteiger charge is -2.10. The highest BCUT2D eigenvalue weighted by Gasteiger charge is 2.12. The molecule has 32 heavy (non-hydrogen) atoms. The lowest BCUT2D eigenvalue weighted by molar-refractivity contribution is -0.384. The fraction of sp³-hybridized carbons (Fsp3) is 0.182. The van der Waals surface area contributed by atoms with Crippen LogP contribution in [0, 0.1) is 15.2 Å². The smallest absolute Gasteiger partial charge is 0.269 e. The minimum Gasteiger partial charge on any atom is -0.493 e. The number of amides is 1. The standard InChI is InChI=1S/C22H20FN3O5S/c1-30-9-2-10-31-19-12-16(4-3-15-5-7-18(8-6-15)26(28)29)11-17(13-19)21(27)25-22-24-14-20(23)32-22/h3-8,11-14H,2,9-10H2,1H3,(H,24,25,27)/b4-3+. The highest BCUT2D eigenvalue weighted by Crippen LogP contribution is 2.23. The molecule has 0 aliphatic rings. The molecule has 2 aromatic carbocycles. The van der Waals surface area contributed by atoms with E-state index in [2.05, 4.69) is 10.3 Å². The zero-order valence-corrected chi connectivity index (χ0v) is 17.9. The molecule has 0 unspecified atom stereocenters. The molecule has 3 rings (SSSR count). The molecule has 166 valence electrons. The zero-order valence-electron chi connectivity index (χ0n) is 17.1. The van der Waals surface area contributed by atoms with Gasteiger partial charge in [0.05, 0.1) is 17.7 Å². The minimum atomic E-state index is -0.498. The van der Waals surface area contributed by atoms with E-state index in [-0.39, 0.29) is 10.8 Å². The van der Waals surface area contributed by atoms with Crippen LogP contribution < -0.4 is 10.1 Å². The van der Waals surface area contributed by atoms with E-state index in [0.29, 0.717) is 36.5 Å². The number of hydrogen-bond acceptors (Lipinski definition) is 7. The Labute approximate surface area is 187 Å². The molecular weight excluding hydrogens is 437 g/mol. The second-order valence-corrected chi connectivity index (χ2v) is 7.57. The van der Waals surface area contributed by atoms with E-state index in [9.17, 15) is 19.3 Å². The van der Waals surface area contributed by atoms with Gasteiger partial charge in [-0.05, 0) is 41.5 Å². The Morgan fingerprint density at radius 3 is 2.59 bits per heavy atom. The number of carbonyl (C=O) groups excluding carboxylic acids is 1. The highest BCUT2D eigenvalue weighted by atomic mass is 32.1. The Balaban J connectivity index is 1.81. The van der Waals surface area contributed by atoms with Crippen molar-refractivity contribution in [3.8, 4) is 5.75 Å². The predicted molar refractivity (Wildman–Crippen MR) is 120 cm³/mol. The number of non-ortho nitro benzene ring substituents is 1. The molecular formula is C22H20FN3O5S. The van der Waals surface area contributed by atoms with Gasteiger partial charge in [-0.3, -0.25) is 20.2 Å². The number of nitro benzene ring substituents is 1. The van der Waals surface area contributed by atoms with Crippen molar-refractivity contribution < 1.29 is 23.6 Å². The maximum atomic E-state index is 13.2. The van der Waals surface area contributed by atoms with Crippen LogP contribution in [0.3, 0.4) is 0 Å². The molecule has 1 amide bonds. The first-order chi connectivity index (χ1) is 15.4. The van der Waals surface area contributed by atoms with E-state index in [1.165, 1.54) is 12.1 Å². The van der Waals surface area contributed by atoms with E-state index < -0.39 is 16.0 Å². The molecule has 8 nitrogen and oxygen atoms in total. The minimum absolute atomic E-state index is 0.00573. The summed E-state index contributed by atoms with van der Waals surface area (Å²) in [5, 5.41) is 13.0. The third-order valence-corrected chi connectivity index (χ3v) is 4.92. The molecule has 0 aliphatic carbocycles. The van der Waals surface area contributed by atoms with Crippen LogP contribution in [-0.2, 0) is 4.74 Å². The van der Waals surface area contributed by atoms with Crippen molar-refractivity contribution in [2.45, 2.75) is 6.42 Å².